The maximum Gasteiger partial charge on any atom is 0.241 e. The quantitative estimate of drug-likeness (QED) is 0.538. The minimum atomic E-state index is -3.83. The fourth-order valence-corrected chi connectivity index (χ4v) is 5.36. The monoisotopic (exact) mass is 482 g/mol. The number of rotatable bonds is 10. The van der Waals surface area contributed by atoms with E-state index in [1.54, 1.807) is 23.9 Å². The Kier molecular flexibility index (Phi) is 8.27. The van der Waals surface area contributed by atoms with Crippen LogP contribution in [0.2, 0.25) is 5.02 Å². The Bertz CT molecular complexity index is 976. The normalized spacial score (nSPS) is 19.3. The molecule has 0 radical (unpaired) electrons. The molecule has 168 valence electrons. The maximum absolute atomic E-state index is 12.9. The molecular formula is C22H27ClN2O4S2. The molecule has 1 amide bonds. The molecule has 3 rings (SSSR count). The first-order valence-corrected chi connectivity index (χ1v) is 13.3. The van der Waals surface area contributed by atoms with E-state index in [1.807, 2.05) is 30.5 Å². The van der Waals surface area contributed by atoms with Crippen LogP contribution in [0.15, 0.2) is 53.4 Å². The Morgan fingerprint density at radius 3 is 2.39 bits per heavy atom. The predicted octanol–water partition coefficient (Wildman–Crippen LogP) is 3.81. The summed E-state index contributed by atoms with van der Waals surface area (Å²) in [6.07, 6.45) is 3.99. The van der Waals surface area contributed by atoms with E-state index >= 15 is 0 Å². The highest BCUT2D eigenvalue weighted by Gasteiger charge is 2.34. The number of hydrogen-bond acceptors (Lipinski definition) is 5. The highest BCUT2D eigenvalue weighted by molar-refractivity contribution is 7.98. The zero-order valence-electron chi connectivity index (χ0n) is 17.5. The van der Waals surface area contributed by atoms with Crippen LogP contribution in [0.25, 0.3) is 0 Å². The molecule has 0 saturated heterocycles. The van der Waals surface area contributed by atoms with E-state index in [2.05, 4.69) is 10.0 Å². The van der Waals surface area contributed by atoms with Crippen LogP contribution < -0.4 is 14.8 Å². The Morgan fingerprint density at radius 2 is 1.81 bits per heavy atom. The number of ether oxygens (including phenoxy) is 1. The number of hydrogen-bond donors (Lipinski definition) is 2. The number of benzene rings is 2. The molecule has 0 heterocycles. The van der Waals surface area contributed by atoms with E-state index in [-0.39, 0.29) is 16.8 Å². The number of nitrogens with one attached hydrogen (secondary N) is 2. The van der Waals surface area contributed by atoms with Gasteiger partial charge in [0.15, 0.2) is 0 Å². The largest absolute Gasteiger partial charge is 0.497 e. The molecule has 0 aromatic heterocycles. The number of carbonyl (C=O) groups is 1. The fourth-order valence-electron chi connectivity index (χ4n) is 3.53. The van der Waals surface area contributed by atoms with Gasteiger partial charge in [0, 0.05) is 11.1 Å². The molecule has 1 fully saturated rings. The summed E-state index contributed by atoms with van der Waals surface area (Å²) in [6, 6.07) is 13.1. The number of carbonyl (C=O) groups excluding carboxylic acids is 1. The fraction of sp³-hybridized carbons (Fsp3) is 0.409. The van der Waals surface area contributed by atoms with Crippen LogP contribution in [0.5, 0.6) is 5.75 Å². The van der Waals surface area contributed by atoms with Crippen molar-refractivity contribution in [3.05, 3.63) is 59.1 Å². The van der Waals surface area contributed by atoms with Gasteiger partial charge in [0.25, 0.3) is 0 Å². The summed E-state index contributed by atoms with van der Waals surface area (Å²) in [5.41, 5.74) is 1.20. The van der Waals surface area contributed by atoms with Gasteiger partial charge in [0.05, 0.1) is 12.0 Å². The molecule has 1 aliphatic rings. The van der Waals surface area contributed by atoms with Gasteiger partial charge in [-0.1, -0.05) is 23.7 Å². The topological polar surface area (TPSA) is 84.5 Å². The minimum Gasteiger partial charge on any atom is -0.497 e. The van der Waals surface area contributed by atoms with Crippen LogP contribution in [0.3, 0.4) is 0 Å². The second-order valence-corrected chi connectivity index (χ2v) is 10.7. The lowest BCUT2D eigenvalue weighted by Gasteiger charge is -2.37. The lowest BCUT2D eigenvalue weighted by atomic mass is 9.76. The molecule has 1 saturated carbocycles. The summed E-state index contributed by atoms with van der Waals surface area (Å²) < 4.78 is 33.2. The number of halogens is 1. The maximum atomic E-state index is 12.9. The Hall–Kier alpha value is -1.74. The third-order valence-corrected chi connectivity index (χ3v) is 7.80. The molecule has 9 heteroatoms. The molecule has 1 atom stereocenters. The lowest BCUT2D eigenvalue weighted by molar-refractivity contribution is -0.124. The number of thioether (sulfide) groups is 1. The van der Waals surface area contributed by atoms with E-state index < -0.39 is 16.1 Å². The van der Waals surface area contributed by atoms with Gasteiger partial charge in [0.1, 0.15) is 11.8 Å². The van der Waals surface area contributed by atoms with Gasteiger partial charge in [-0.15, -0.1) is 0 Å². The predicted molar refractivity (Wildman–Crippen MR) is 125 cm³/mol. The van der Waals surface area contributed by atoms with Crippen molar-refractivity contribution in [1.82, 2.24) is 10.0 Å². The van der Waals surface area contributed by atoms with Crippen LogP contribution in [-0.2, 0) is 14.8 Å². The smallest absolute Gasteiger partial charge is 0.241 e. The Labute approximate surface area is 193 Å². The Morgan fingerprint density at radius 1 is 1.16 bits per heavy atom. The highest BCUT2D eigenvalue weighted by Crippen LogP contribution is 2.37. The van der Waals surface area contributed by atoms with Crippen molar-refractivity contribution < 1.29 is 17.9 Å². The second-order valence-electron chi connectivity index (χ2n) is 7.56. The van der Waals surface area contributed by atoms with Gasteiger partial charge >= 0.3 is 0 Å². The van der Waals surface area contributed by atoms with Crippen molar-refractivity contribution in [2.24, 2.45) is 0 Å². The van der Waals surface area contributed by atoms with Gasteiger partial charge in [-0.2, -0.15) is 16.5 Å². The summed E-state index contributed by atoms with van der Waals surface area (Å²) in [5, 5.41) is 3.71. The van der Waals surface area contributed by atoms with Crippen molar-refractivity contribution in [2.75, 3.05) is 19.1 Å². The standard InChI is InChI=1S/C22H27ClN2O4S2/c1-29-19-7-9-20(10-8-19)31(27,28)25-21(11-12-30-2)22(26)24-18-13-16(14-18)15-3-5-17(23)6-4-15/h3-10,16,18,21,25H,11-14H2,1-2H3,(H,24,26). The third kappa shape index (κ3) is 6.38. The van der Waals surface area contributed by atoms with E-state index in [0.29, 0.717) is 28.9 Å². The van der Waals surface area contributed by atoms with Crippen LogP contribution in [-0.4, -0.2) is 45.5 Å². The van der Waals surface area contributed by atoms with E-state index in [9.17, 15) is 13.2 Å². The molecule has 0 aliphatic heterocycles. The third-order valence-electron chi connectivity index (χ3n) is 5.42. The first-order valence-electron chi connectivity index (χ1n) is 10.0. The first kappa shape index (κ1) is 23.9. The molecule has 1 unspecified atom stereocenters. The minimum absolute atomic E-state index is 0.0375. The molecule has 1 aliphatic carbocycles. The van der Waals surface area contributed by atoms with Gasteiger partial charge < -0.3 is 10.1 Å². The van der Waals surface area contributed by atoms with Gasteiger partial charge in [0.2, 0.25) is 15.9 Å². The van der Waals surface area contributed by atoms with Crippen molar-refractivity contribution in [3.8, 4) is 5.75 Å². The highest BCUT2D eigenvalue weighted by atomic mass is 35.5. The van der Waals surface area contributed by atoms with Crippen LogP contribution in [0, 0.1) is 0 Å². The van der Waals surface area contributed by atoms with Gasteiger partial charge in [-0.3, -0.25) is 4.79 Å². The van der Waals surface area contributed by atoms with Crippen molar-refractivity contribution in [1.29, 1.82) is 0 Å². The summed E-state index contributed by atoms with van der Waals surface area (Å²) in [5.74, 6) is 1.33. The molecule has 2 aromatic carbocycles. The Balaban J connectivity index is 1.60. The lowest BCUT2D eigenvalue weighted by Crippen LogP contribution is -2.52. The van der Waals surface area contributed by atoms with Crippen molar-refractivity contribution in [2.45, 2.75) is 42.2 Å². The van der Waals surface area contributed by atoms with Crippen molar-refractivity contribution >= 4 is 39.3 Å². The zero-order valence-corrected chi connectivity index (χ0v) is 19.9. The average molecular weight is 483 g/mol. The van der Waals surface area contributed by atoms with Crippen LogP contribution >= 0.6 is 23.4 Å². The van der Waals surface area contributed by atoms with Gasteiger partial charge in [-0.05, 0) is 79.2 Å². The van der Waals surface area contributed by atoms with E-state index in [1.165, 1.54) is 24.8 Å². The van der Waals surface area contributed by atoms with Crippen LogP contribution in [0.1, 0.15) is 30.7 Å². The summed E-state index contributed by atoms with van der Waals surface area (Å²) >= 11 is 7.51. The first-order chi connectivity index (χ1) is 14.8. The molecule has 31 heavy (non-hydrogen) atoms. The molecular weight excluding hydrogens is 456 g/mol. The second kappa shape index (κ2) is 10.7. The van der Waals surface area contributed by atoms with Crippen molar-refractivity contribution in [3.63, 3.8) is 0 Å². The zero-order chi connectivity index (χ0) is 22.4. The summed E-state index contributed by atoms with van der Waals surface area (Å²) in [6.45, 7) is 0. The molecule has 0 spiro atoms. The van der Waals surface area contributed by atoms with E-state index in [4.69, 9.17) is 16.3 Å². The molecule has 2 N–H and O–H groups in total. The summed E-state index contributed by atoms with van der Waals surface area (Å²) in [7, 11) is -2.31. The molecule has 6 nitrogen and oxygen atoms in total. The summed E-state index contributed by atoms with van der Waals surface area (Å²) in [4.78, 5) is 13.0. The molecule has 0 bridgehead atoms. The van der Waals surface area contributed by atoms with E-state index in [0.717, 1.165) is 12.8 Å². The molecule has 2 aromatic rings. The average Bonchev–Trinajstić information content (AvgIpc) is 2.74. The number of amides is 1. The SMILES string of the molecule is COc1ccc(S(=O)(=O)NC(CCSC)C(=O)NC2CC(c3ccc(Cl)cc3)C2)cc1. The van der Waals surface area contributed by atoms with Crippen LogP contribution in [0.4, 0.5) is 0 Å². The number of sulfonamides is 1. The van der Waals surface area contributed by atoms with Gasteiger partial charge in [-0.25, -0.2) is 8.42 Å². The number of methoxy groups -OCH3 is 1.